The van der Waals surface area contributed by atoms with Gasteiger partial charge in [-0.05, 0) is 42.8 Å². The van der Waals surface area contributed by atoms with Gasteiger partial charge in [-0.25, -0.2) is 9.97 Å². The number of ether oxygens (including phenoxy) is 1. The maximum absolute atomic E-state index is 10.4. The van der Waals surface area contributed by atoms with E-state index >= 15 is 0 Å². The Morgan fingerprint density at radius 1 is 1.21 bits per heavy atom. The smallest absolute Gasteiger partial charge is 0.225 e. The molecule has 1 aliphatic heterocycles. The number of anilines is 1. The molecule has 6 heteroatoms. The van der Waals surface area contributed by atoms with Crippen molar-refractivity contribution in [3.05, 3.63) is 53.2 Å². The van der Waals surface area contributed by atoms with E-state index in [1.807, 2.05) is 0 Å². The molecular formula is C18H17N3O2S. The van der Waals surface area contributed by atoms with Crippen LogP contribution in [0.15, 0.2) is 42.7 Å². The zero-order valence-electron chi connectivity index (χ0n) is 13.3. The number of phenolic OH excluding ortho intramolecular Hbond substituents is 1. The van der Waals surface area contributed by atoms with E-state index in [1.165, 1.54) is 4.88 Å². The van der Waals surface area contributed by atoms with Gasteiger partial charge in [0.2, 0.25) is 5.95 Å². The van der Waals surface area contributed by atoms with Crippen LogP contribution in [0.1, 0.15) is 10.4 Å². The molecule has 0 spiro atoms. The Hall–Kier alpha value is -2.60. The number of hydrogen-bond donors (Lipinski definition) is 1. The van der Waals surface area contributed by atoms with Gasteiger partial charge >= 0.3 is 0 Å². The maximum atomic E-state index is 10.4. The average Bonchev–Trinajstić information content (AvgIpc) is 2.91. The molecule has 0 atom stereocenters. The van der Waals surface area contributed by atoms with E-state index in [-0.39, 0.29) is 5.75 Å². The summed E-state index contributed by atoms with van der Waals surface area (Å²) >= 11 is 1.71. The molecule has 0 aliphatic carbocycles. The molecule has 1 aromatic carbocycles. The lowest BCUT2D eigenvalue weighted by Crippen LogP contribution is -2.26. The molecule has 3 aromatic rings. The summed E-state index contributed by atoms with van der Waals surface area (Å²) in [6.45, 7) is 3.84. The van der Waals surface area contributed by atoms with Crippen LogP contribution in [-0.2, 0) is 6.54 Å². The van der Waals surface area contributed by atoms with Crippen molar-refractivity contribution in [3.8, 4) is 21.9 Å². The molecule has 1 N–H and O–H groups in total. The third-order valence-electron chi connectivity index (χ3n) is 3.97. The van der Waals surface area contributed by atoms with Gasteiger partial charge in [-0.1, -0.05) is 0 Å². The number of fused-ring (bicyclic) bond motifs is 1. The Bertz CT molecular complexity index is 864. The van der Waals surface area contributed by atoms with Crippen LogP contribution in [0.4, 0.5) is 5.95 Å². The molecule has 2 aromatic heterocycles. The fourth-order valence-electron chi connectivity index (χ4n) is 2.86. The third kappa shape index (κ3) is 2.80. The van der Waals surface area contributed by atoms with Gasteiger partial charge in [0.05, 0.1) is 6.54 Å². The zero-order chi connectivity index (χ0) is 16.5. The van der Waals surface area contributed by atoms with Crippen LogP contribution in [0, 0.1) is 6.92 Å². The molecule has 0 bridgehead atoms. The highest BCUT2D eigenvalue weighted by molar-refractivity contribution is 7.15. The molecule has 0 saturated heterocycles. The summed E-state index contributed by atoms with van der Waals surface area (Å²) in [4.78, 5) is 13.1. The Morgan fingerprint density at radius 3 is 2.79 bits per heavy atom. The van der Waals surface area contributed by atoms with Gasteiger partial charge in [-0.3, -0.25) is 0 Å². The quantitative estimate of drug-likeness (QED) is 0.773. The molecule has 3 heterocycles. The van der Waals surface area contributed by atoms with Crippen molar-refractivity contribution < 1.29 is 9.84 Å². The van der Waals surface area contributed by atoms with E-state index in [9.17, 15) is 5.11 Å². The highest BCUT2D eigenvalue weighted by Crippen LogP contribution is 2.39. The van der Waals surface area contributed by atoms with Gasteiger partial charge < -0.3 is 14.7 Å². The van der Waals surface area contributed by atoms with Crippen LogP contribution >= 0.6 is 11.3 Å². The van der Waals surface area contributed by atoms with Crippen molar-refractivity contribution in [2.75, 3.05) is 18.1 Å². The fourth-order valence-corrected chi connectivity index (χ4v) is 3.71. The normalized spacial score (nSPS) is 14.0. The number of aromatic nitrogens is 2. The Kier molecular flexibility index (Phi) is 3.82. The molecule has 4 rings (SSSR count). The fraction of sp³-hybridized carbons (Fsp3) is 0.222. The van der Waals surface area contributed by atoms with Crippen LogP contribution in [0.25, 0.3) is 10.4 Å². The van der Waals surface area contributed by atoms with Crippen molar-refractivity contribution in [2.24, 2.45) is 0 Å². The van der Waals surface area contributed by atoms with Gasteiger partial charge in [0.15, 0.2) is 11.5 Å². The summed E-state index contributed by atoms with van der Waals surface area (Å²) in [6, 6.07) is 9.83. The van der Waals surface area contributed by atoms with Crippen LogP contribution < -0.4 is 9.64 Å². The first-order chi connectivity index (χ1) is 11.7. The summed E-state index contributed by atoms with van der Waals surface area (Å²) in [5.41, 5.74) is 1.95. The van der Waals surface area contributed by atoms with Crippen LogP contribution in [0.3, 0.4) is 0 Å². The number of aryl methyl sites for hydroxylation is 1. The molecule has 0 amide bonds. The summed E-state index contributed by atoms with van der Waals surface area (Å²) in [5, 5.41) is 10.4. The van der Waals surface area contributed by atoms with Crippen molar-refractivity contribution in [2.45, 2.75) is 13.5 Å². The molecule has 0 unspecified atom stereocenters. The van der Waals surface area contributed by atoms with Crippen molar-refractivity contribution >= 4 is 17.3 Å². The van der Waals surface area contributed by atoms with E-state index in [2.05, 4.69) is 40.0 Å². The SMILES string of the molecule is Cc1ccc(-c2cc(O)c3c(c2)CN(c2ncccn2)CCO3)s1. The molecular weight excluding hydrogens is 322 g/mol. The van der Waals surface area contributed by atoms with Crippen molar-refractivity contribution in [3.63, 3.8) is 0 Å². The molecule has 5 nitrogen and oxygen atoms in total. The second kappa shape index (κ2) is 6.13. The van der Waals surface area contributed by atoms with Gasteiger partial charge in [0.25, 0.3) is 0 Å². The van der Waals surface area contributed by atoms with E-state index in [0.29, 0.717) is 31.4 Å². The number of thiophene rings is 1. The van der Waals surface area contributed by atoms with Crippen LogP contribution in [0.5, 0.6) is 11.5 Å². The highest BCUT2D eigenvalue weighted by atomic mass is 32.1. The number of phenols is 1. The Labute approximate surface area is 144 Å². The molecule has 122 valence electrons. The topological polar surface area (TPSA) is 58.5 Å². The highest BCUT2D eigenvalue weighted by Gasteiger charge is 2.21. The number of hydrogen-bond acceptors (Lipinski definition) is 6. The summed E-state index contributed by atoms with van der Waals surface area (Å²) in [5.74, 6) is 1.42. The summed E-state index contributed by atoms with van der Waals surface area (Å²) < 4.78 is 5.78. The number of rotatable bonds is 2. The average molecular weight is 339 g/mol. The Balaban J connectivity index is 1.74. The first-order valence-corrected chi connectivity index (χ1v) is 8.60. The maximum Gasteiger partial charge on any atom is 0.225 e. The first-order valence-electron chi connectivity index (χ1n) is 7.78. The second-order valence-electron chi connectivity index (χ2n) is 5.71. The predicted molar refractivity (Wildman–Crippen MR) is 94.7 cm³/mol. The predicted octanol–water partition coefficient (Wildman–Crippen LogP) is 3.62. The van der Waals surface area contributed by atoms with Gasteiger partial charge in [0.1, 0.15) is 6.61 Å². The molecule has 1 aliphatic rings. The summed E-state index contributed by atoms with van der Waals surface area (Å²) in [7, 11) is 0. The lowest BCUT2D eigenvalue weighted by atomic mass is 10.1. The molecule has 0 fully saturated rings. The minimum absolute atomic E-state index is 0.185. The van der Waals surface area contributed by atoms with Crippen molar-refractivity contribution in [1.29, 1.82) is 0 Å². The summed E-state index contributed by atoms with van der Waals surface area (Å²) in [6.07, 6.45) is 3.47. The Morgan fingerprint density at radius 2 is 2.04 bits per heavy atom. The van der Waals surface area contributed by atoms with Crippen molar-refractivity contribution in [1.82, 2.24) is 9.97 Å². The van der Waals surface area contributed by atoms with Crippen LogP contribution in [0.2, 0.25) is 0 Å². The van der Waals surface area contributed by atoms with E-state index in [4.69, 9.17) is 4.74 Å². The van der Waals surface area contributed by atoms with E-state index < -0.39 is 0 Å². The lowest BCUT2D eigenvalue weighted by molar-refractivity contribution is 0.311. The van der Waals surface area contributed by atoms with E-state index in [1.54, 1.807) is 35.9 Å². The lowest BCUT2D eigenvalue weighted by Gasteiger charge is -2.19. The largest absolute Gasteiger partial charge is 0.504 e. The number of benzene rings is 1. The number of aromatic hydroxyl groups is 1. The molecule has 24 heavy (non-hydrogen) atoms. The van der Waals surface area contributed by atoms with Gasteiger partial charge in [0, 0.05) is 34.3 Å². The first kappa shape index (κ1) is 15.0. The molecule has 0 saturated carbocycles. The van der Waals surface area contributed by atoms with E-state index in [0.717, 1.165) is 16.0 Å². The zero-order valence-corrected chi connectivity index (χ0v) is 14.1. The molecule has 0 radical (unpaired) electrons. The van der Waals surface area contributed by atoms with Crippen LogP contribution in [-0.4, -0.2) is 28.2 Å². The monoisotopic (exact) mass is 339 g/mol. The second-order valence-corrected chi connectivity index (χ2v) is 7.00. The minimum atomic E-state index is 0.185. The third-order valence-corrected chi connectivity index (χ3v) is 5.02. The standard InChI is InChI=1S/C18H17N3O2S/c1-12-3-4-16(24-12)13-9-14-11-21(18-19-5-2-6-20-18)7-8-23-17(14)15(22)10-13/h2-6,9-10,22H,7-8,11H2,1H3. The number of nitrogens with zero attached hydrogens (tertiary/aromatic N) is 3. The van der Waals surface area contributed by atoms with Gasteiger partial charge in [-0.2, -0.15) is 0 Å². The van der Waals surface area contributed by atoms with Gasteiger partial charge in [-0.15, -0.1) is 11.3 Å². The minimum Gasteiger partial charge on any atom is -0.504 e.